The molecule has 1 aromatic heterocycles. The fraction of sp³-hybridized carbons (Fsp3) is 0.765. The molecule has 5 heteroatoms. The molecule has 0 atom stereocenters. The lowest BCUT2D eigenvalue weighted by molar-refractivity contribution is 0.332. The first-order valence-corrected chi connectivity index (χ1v) is 8.70. The fourth-order valence-electron chi connectivity index (χ4n) is 3.22. The third-order valence-corrected chi connectivity index (χ3v) is 4.49. The van der Waals surface area contributed by atoms with Crippen molar-refractivity contribution in [3.63, 3.8) is 0 Å². The Labute approximate surface area is 134 Å². The summed E-state index contributed by atoms with van der Waals surface area (Å²) in [6, 6.07) is 0. The highest BCUT2D eigenvalue weighted by molar-refractivity contribution is 5.79. The van der Waals surface area contributed by atoms with Crippen LogP contribution in [0, 0.1) is 5.92 Å². The van der Waals surface area contributed by atoms with E-state index in [1.54, 1.807) is 0 Å². The van der Waals surface area contributed by atoms with Gasteiger partial charge < -0.3 is 10.6 Å². The highest BCUT2D eigenvalue weighted by Gasteiger charge is 2.12. The Morgan fingerprint density at radius 2 is 2.05 bits per heavy atom. The van der Waals surface area contributed by atoms with Gasteiger partial charge in [0.05, 0.1) is 6.20 Å². The molecule has 2 N–H and O–H groups in total. The van der Waals surface area contributed by atoms with Crippen LogP contribution in [0.4, 0.5) is 0 Å². The molecule has 124 valence electrons. The molecule has 1 heterocycles. The molecule has 0 aromatic carbocycles. The molecule has 0 bridgehead atoms. The maximum absolute atomic E-state index is 4.28. The van der Waals surface area contributed by atoms with Gasteiger partial charge in [-0.25, -0.2) is 0 Å². The van der Waals surface area contributed by atoms with E-state index in [4.69, 9.17) is 0 Å². The van der Waals surface area contributed by atoms with Crippen molar-refractivity contribution in [1.82, 2.24) is 20.4 Å². The average molecular weight is 305 g/mol. The lowest BCUT2D eigenvalue weighted by Crippen LogP contribution is -2.38. The molecular weight excluding hydrogens is 274 g/mol. The van der Waals surface area contributed by atoms with Crippen molar-refractivity contribution >= 4 is 5.96 Å². The summed E-state index contributed by atoms with van der Waals surface area (Å²) in [6.45, 7) is 1.90. The summed E-state index contributed by atoms with van der Waals surface area (Å²) in [5, 5.41) is 11.0. The molecule has 5 nitrogen and oxygen atoms in total. The molecule has 0 amide bonds. The second-order valence-corrected chi connectivity index (χ2v) is 6.34. The van der Waals surface area contributed by atoms with E-state index in [9.17, 15) is 0 Å². The number of aromatic nitrogens is 2. The highest BCUT2D eigenvalue weighted by atomic mass is 15.2. The van der Waals surface area contributed by atoms with Gasteiger partial charge in [-0.15, -0.1) is 0 Å². The standard InChI is InChI=1S/C17H31N5/c1-18-17(20-12-10-16-13-21-22(2)14-16)19-11-6-9-15-7-4-3-5-8-15/h13-15H,3-12H2,1-2H3,(H2,18,19,20). The van der Waals surface area contributed by atoms with Crippen LogP contribution in [-0.2, 0) is 13.5 Å². The summed E-state index contributed by atoms with van der Waals surface area (Å²) in [4.78, 5) is 4.28. The van der Waals surface area contributed by atoms with Crippen molar-refractivity contribution in [3.05, 3.63) is 18.0 Å². The van der Waals surface area contributed by atoms with Gasteiger partial charge in [0.1, 0.15) is 0 Å². The lowest BCUT2D eigenvalue weighted by Gasteiger charge is -2.21. The Bertz CT molecular complexity index is 446. The van der Waals surface area contributed by atoms with Crippen LogP contribution in [0.25, 0.3) is 0 Å². The average Bonchev–Trinajstić information content (AvgIpc) is 2.96. The number of aliphatic imine (C=N–C) groups is 1. The lowest BCUT2D eigenvalue weighted by atomic mass is 9.86. The van der Waals surface area contributed by atoms with E-state index in [-0.39, 0.29) is 0 Å². The first-order valence-electron chi connectivity index (χ1n) is 8.70. The largest absolute Gasteiger partial charge is 0.356 e. The minimum absolute atomic E-state index is 0.883. The Morgan fingerprint density at radius 3 is 2.73 bits per heavy atom. The molecule has 1 saturated carbocycles. The summed E-state index contributed by atoms with van der Waals surface area (Å²) in [5.74, 6) is 1.88. The van der Waals surface area contributed by atoms with Gasteiger partial charge in [0.15, 0.2) is 5.96 Å². The van der Waals surface area contributed by atoms with Crippen molar-refractivity contribution in [2.45, 2.75) is 51.4 Å². The zero-order chi connectivity index (χ0) is 15.6. The monoisotopic (exact) mass is 305 g/mol. The number of guanidine groups is 1. The molecule has 1 fully saturated rings. The predicted octanol–water partition coefficient (Wildman–Crippen LogP) is 2.49. The summed E-state index contributed by atoms with van der Waals surface area (Å²) >= 11 is 0. The molecule has 0 unspecified atom stereocenters. The molecule has 2 rings (SSSR count). The second kappa shape index (κ2) is 9.49. The van der Waals surface area contributed by atoms with Crippen LogP contribution in [0.2, 0.25) is 0 Å². The minimum Gasteiger partial charge on any atom is -0.356 e. The van der Waals surface area contributed by atoms with Gasteiger partial charge >= 0.3 is 0 Å². The Balaban J connectivity index is 1.54. The van der Waals surface area contributed by atoms with Gasteiger partial charge in [0.25, 0.3) is 0 Å². The maximum Gasteiger partial charge on any atom is 0.190 e. The van der Waals surface area contributed by atoms with Crippen LogP contribution in [0.15, 0.2) is 17.4 Å². The number of hydrogen-bond acceptors (Lipinski definition) is 2. The Kier molecular flexibility index (Phi) is 7.26. The molecular formula is C17H31N5. The van der Waals surface area contributed by atoms with Crippen molar-refractivity contribution in [2.24, 2.45) is 18.0 Å². The van der Waals surface area contributed by atoms with Gasteiger partial charge in [0, 0.05) is 33.4 Å². The molecule has 1 aromatic rings. The molecule has 1 aliphatic rings. The van der Waals surface area contributed by atoms with E-state index in [0.717, 1.165) is 31.4 Å². The quantitative estimate of drug-likeness (QED) is 0.462. The van der Waals surface area contributed by atoms with Gasteiger partial charge in [-0.05, 0) is 30.7 Å². The second-order valence-electron chi connectivity index (χ2n) is 6.34. The number of nitrogens with zero attached hydrogens (tertiary/aromatic N) is 3. The van der Waals surface area contributed by atoms with E-state index >= 15 is 0 Å². The Morgan fingerprint density at radius 1 is 1.27 bits per heavy atom. The third-order valence-electron chi connectivity index (χ3n) is 4.49. The SMILES string of the molecule is CN=C(NCCCC1CCCCC1)NCCc1cnn(C)c1. The first kappa shape index (κ1) is 16.8. The van der Waals surface area contributed by atoms with E-state index in [0.29, 0.717) is 0 Å². The molecule has 1 aliphatic carbocycles. The molecule has 0 aliphatic heterocycles. The summed E-state index contributed by atoms with van der Waals surface area (Å²) in [6.07, 6.45) is 14.8. The third kappa shape index (κ3) is 6.08. The fourth-order valence-corrected chi connectivity index (χ4v) is 3.22. The zero-order valence-corrected chi connectivity index (χ0v) is 14.1. The Hall–Kier alpha value is -1.52. The van der Waals surface area contributed by atoms with Gasteiger partial charge in [-0.3, -0.25) is 9.67 Å². The van der Waals surface area contributed by atoms with Crippen molar-refractivity contribution in [3.8, 4) is 0 Å². The van der Waals surface area contributed by atoms with Gasteiger partial charge in [-0.1, -0.05) is 32.1 Å². The van der Waals surface area contributed by atoms with Crippen LogP contribution in [0.5, 0.6) is 0 Å². The number of nitrogens with one attached hydrogen (secondary N) is 2. The van der Waals surface area contributed by atoms with E-state index in [1.165, 1.54) is 50.5 Å². The summed E-state index contributed by atoms with van der Waals surface area (Å²) in [7, 11) is 3.78. The molecule has 0 spiro atoms. The van der Waals surface area contributed by atoms with Crippen molar-refractivity contribution in [2.75, 3.05) is 20.1 Å². The number of aryl methyl sites for hydroxylation is 1. The smallest absolute Gasteiger partial charge is 0.190 e. The molecule has 0 saturated heterocycles. The van der Waals surface area contributed by atoms with E-state index in [2.05, 4.69) is 26.9 Å². The number of rotatable bonds is 7. The van der Waals surface area contributed by atoms with Crippen LogP contribution in [0.3, 0.4) is 0 Å². The predicted molar refractivity (Wildman–Crippen MR) is 92.1 cm³/mol. The summed E-state index contributed by atoms with van der Waals surface area (Å²) in [5.41, 5.74) is 1.25. The topological polar surface area (TPSA) is 54.2 Å². The van der Waals surface area contributed by atoms with Crippen LogP contribution >= 0.6 is 0 Å². The highest BCUT2D eigenvalue weighted by Crippen LogP contribution is 2.26. The summed E-state index contributed by atoms with van der Waals surface area (Å²) < 4.78 is 1.84. The maximum atomic E-state index is 4.28. The van der Waals surface area contributed by atoms with Gasteiger partial charge in [-0.2, -0.15) is 5.10 Å². The van der Waals surface area contributed by atoms with Crippen molar-refractivity contribution < 1.29 is 0 Å². The minimum atomic E-state index is 0.883. The first-order chi connectivity index (χ1) is 10.8. The van der Waals surface area contributed by atoms with Crippen LogP contribution < -0.4 is 10.6 Å². The van der Waals surface area contributed by atoms with E-state index in [1.807, 2.05) is 25.0 Å². The van der Waals surface area contributed by atoms with Crippen molar-refractivity contribution in [1.29, 1.82) is 0 Å². The van der Waals surface area contributed by atoms with Crippen LogP contribution in [0.1, 0.15) is 50.5 Å². The van der Waals surface area contributed by atoms with Crippen LogP contribution in [-0.4, -0.2) is 35.9 Å². The number of hydrogen-bond donors (Lipinski definition) is 2. The van der Waals surface area contributed by atoms with E-state index < -0.39 is 0 Å². The normalized spacial score (nSPS) is 16.7. The molecule has 22 heavy (non-hydrogen) atoms. The molecule has 0 radical (unpaired) electrons. The zero-order valence-electron chi connectivity index (χ0n) is 14.1. The van der Waals surface area contributed by atoms with Gasteiger partial charge in [0.2, 0.25) is 0 Å².